The predicted octanol–water partition coefficient (Wildman–Crippen LogP) is -1.30. The van der Waals surface area contributed by atoms with Gasteiger partial charge in [0.1, 0.15) is 30.8 Å². The van der Waals surface area contributed by atoms with Crippen LogP contribution in [0.25, 0.3) is 0 Å². The second-order valence-electron chi connectivity index (χ2n) is 9.76. The molecular formula is C21H27N8O6S2+. The number of thioether (sulfide) groups is 1. The zero-order chi connectivity index (χ0) is 26.5. The summed E-state index contributed by atoms with van der Waals surface area (Å²) in [6, 6.07) is -0.945. The van der Waals surface area contributed by atoms with E-state index in [-0.39, 0.29) is 28.3 Å². The molecule has 37 heavy (non-hydrogen) atoms. The van der Waals surface area contributed by atoms with Crippen molar-refractivity contribution in [2.24, 2.45) is 16.3 Å². The molecule has 4 fully saturated rings. The molecule has 198 valence electrons. The van der Waals surface area contributed by atoms with Crippen LogP contribution in [0.1, 0.15) is 25.1 Å². The van der Waals surface area contributed by atoms with E-state index in [9.17, 15) is 24.3 Å². The Morgan fingerprint density at radius 3 is 2.51 bits per heavy atom. The molecule has 6 heterocycles. The molecule has 6 N–H and O–H groups in total. The fraction of sp³-hybridized carbons (Fsp3) is 0.571. The highest BCUT2D eigenvalue weighted by Crippen LogP contribution is 2.46. The van der Waals surface area contributed by atoms with Gasteiger partial charge in [-0.2, -0.15) is 9.36 Å². The summed E-state index contributed by atoms with van der Waals surface area (Å²) < 4.78 is 4.65. The molecule has 0 saturated carbocycles. The van der Waals surface area contributed by atoms with Crippen LogP contribution in [0, 0.1) is 5.41 Å². The second kappa shape index (κ2) is 9.25. The Morgan fingerprint density at radius 1 is 1.30 bits per heavy atom. The summed E-state index contributed by atoms with van der Waals surface area (Å²) >= 11 is 2.28. The quantitative estimate of drug-likeness (QED) is 0.130. The number of nitrogens with one attached hydrogen (secondary N) is 1. The molecule has 0 aromatic carbocycles. The molecule has 3 amide bonds. The number of rotatable bonds is 8. The average Bonchev–Trinajstić information content (AvgIpc) is 3.31. The minimum absolute atomic E-state index is 0.0243. The van der Waals surface area contributed by atoms with Crippen molar-refractivity contribution in [1.82, 2.24) is 19.6 Å². The van der Waals surface area contributed by atoms with Gasteiger partial charge in [0, 0.05) is 42.1 Å². The Kier molecular flexibility index (Phi) is 6.35. The molecule has 1 aromatic heterocycles. The third-order valence-corrected chi connectivity index (χ3v) is 9.71. The van der Waals surface area contributed by atoms with E-state index >= 15 is 0 Å². The highest BCUT2D eigenvalue weighted by molar-refractivity contribution is 8.00. The van der Waals surface area contributed by atoms with Gasteiger partial charge in [-0.1, -0.05) is 5.16 Å². The number of nitrogens with zero attached hydrogens (tertiary/aromatic N) is 5. The predicted molar refractivity (Wildman–Crippen MR) is 133 cm³/mol. The van der Waals surface area contributed by atoms with E-state index in [2.05, 4.69) is 19.8 Å². The number of hydrogen-bond acceptors (Lipinski definition) is 11. The highest BCUT2D eigenvalue weighted by atomic mass is 32.2. The molecule has 1 aromatic rings. The number of nitrogen functional groups attached to an aromatic ring is 1. The molecule has 6 rings (SSSR count). The Balaban J connectivity index is 1.32. The van der Waals surface area contributed by atoms with Crippen LogP contribution in [0.15, 0.2) is 16.4 Å². The van der Waals surface area contributed by atoms with Gasteiger partial charge >= 0.3 is 5.97 Å². The molecule has 0 aliphatic carbocycles. The smallest absolute Gasteiger partial charge is 0.352 e. The minimum atomic E-state index is -1.18. The number of aliphatic carboxylic acids is 1. The number of β-lactam (4-membered cyclic amide) rings is 1. The number of oxime groups is 1. The van der Waals surface area contributed by atoms with Crippen LogP contribution in [0.4, 0.5) is 5.13 Å². The number of nitrogens with two attached hydrogens (primary N) is 2. The second-order valence-corrected chi connectivity index (χ2v) is 11.7. The van der Waals surface area contributed by atoms with E-state index in [1.165, 1.54) is 23.8 Å². The molecule has 5 aliphatic rings. The maximum atomic E-state index is 13.1. The van der Waals surface area contributed by atoms with Crippen LogP contribution in [-0.2, 0) is 24.0 Å². The summed E-state index contributed by atoms with van der Waals surface area (Å²) in [5, 5.41) is 15.9. The lowest BCUT2D eigenvalue weighted by Gasteiger charge is -2.55. The number of fused-ring (bicyclic) bond motifs is 4. The topological polar surface area (TPSA) is 203 Å². The van der Waals surface area contributed by atoms with Gasteiger partial charge < -0.3 is 31.2 Å². The Hall–Kier alpha value is -3.24. The molecule has 0 radical (unpaired) electrons. The summed E-state index contributed by atoms with van der Waals surface area (Å²) in [6.07, 6.45) is 2.07. The zero-order valence-electron chi connectivity index (χ0n) is 20.0. The lowest BCUT2D eigenvalue weighted by molar-refractivity contribution is -0.940. The number of quaternary nitrogens is 1. The first-order chi connectivity index (χ1) is 17.6. The van der Waals surface area contributed by atoms with Gasteiger partial charge in [-0.05, 0) is 0 Å². The van der Waals surface area contributed by atoms with Gasteiger partial charge in [-0.15, -0.1) is 11.8 Å². The van der Waals surface area contributed by atoms with Crippen LogP contribution in [-0.4, -0.2) is 104 Å². The number of carboxylic acid groups (broad SMARTS) is 1. The molecule has 2 bridgehead atoms. The lowest BCUT2D eigenvalue weighted by atomic mass is 9.70. The van der Waals surface area contributed by atoms with E-state index in [0.717, 1.165) is 31.2 Å². The molecule has 2 atom stereocenters. The number of hydrogen-bond donors (Lipinski definition) is 4. The van der Waals surface area contributed by atoms with Crippen LogP contribution in [0.2, 0.25) is 0 Å². The molecule has 4 saturated heterocycles. The van der Waals surface area contributed by atoms with Crippen molar-refractivity contribution in [3.05, 3.63) is 17.1 Å². The van der Waals surface area contributed by atoms with Crippen LogP contribution in [0.3, 0.4) is 0 Å². The SMILES string of the molecule is CON=C(C(=O)NC1C(=O)N2C(C(=O)O)=C(C[N+]34CCC(C(N)=O)(CC3)CC4)CSC12)c1nsc(N)n1. The monoisotopic (exact) mass is 551 g/mol. The van der Waals surface area contributed by atoms with Gasteiger partial charge in [0.25, 0.3) is 11.8 Å². The van der Waals surface area contributed by atoms with E-state index in [0.29, 0.717) is 41.6 Å². The van der Waals surface area contributed by atoms with Gasteiger partial charge in [0.15, 0.2) is 5.13 Å². The number of carboxylic acids is 1. The average molecular weight is 552 g/mol. The summed E-state index contributed by atoms with van der Waals surface area (Å²) in [5.74, 6) is -2.31. The fourth-order valence-corrected chi connectivity index (χ4v) is 7.47. The van der Waals surface area contributed by atoms with Gasteiger partial charge in [-0.3, -0.25) is 19.3 Å². The Morgan fingerprint density at radius 2 is 1.97 bits per heavy atom. The van der Waals surface area contributed by atoms with Crippen molar-refractivity contribution in [1.29, 1.82) is 0 Å². The van der Waals surface area contributed by atoms with Crippen molar-refractivity contribution in [3.8, 4) is 0 Å². The van der Waals surface area contributed by atoms with E-state index < -0.39 is 34.6 Å². The van der Waals surface area contributed by atoms with Crippen molar-refractivity contribution >= 4 is 57.8 Å². The van der Waals surface area contributed by atoms with E-state index in [4.69, 9.17) is 16.3 Å². The lowest BCUT2D eigenvalue weighted by Crippen LogP contribution is -2.71. The van der Waals surface area contributed by atoms with Gasteiger partial charge in [0.05, 0.1) is 25.0 Å². The van der Waals surface area contributed by atoms with Crippen molar-refractivity contribution in [2.75, 3.05) is 44.8 Å². The van der Waals surface area contributed by atoms with Crippen molar-refractivity contribution in [3.63, 3.8) is 0 Å². The molecule has 5 aliphatic heterocycles. The van der Waals surface area contributed by atoms with Crippen LogP contribution < -0.4 is 16.8 Å². The maximum absolute atomic E-state index is 13.1. The number of primary amides is 1. The Bertz CT molecular complexity index is 1220. The highest BCUT2D eigenvalue weighted by Gasteiger charge is 2.57. The number of carbonyl (C=O) groups is 4. The molecule has 14 nitrogen and oxygen atoms in total. The molecule has 2 unspecified atom stereocenters. The number of aromatic nitrogens is 2. The molecule has 16 heteroatoms. The van der Waals surface area contributed by atoms with Crippen molar-refractivity contribution < 1.29 is 33.6 Å². The van der Waals surface area contributed by atoms with Gasteiger partial charge in [-0.25, -0.2) is 4.79 Å². The summed E-state index contributed by atoms with van der Waals surface area (Å²) in [5.41, 5.74) is 11.2. The van der Waals surface area contributed by atoms with Gasteiger partial charge in [0.2, 0.25) is 17.4 Å². The summed E-state index contributed by atoms with van der Waals surface area (Å²) in [7, 11) is 1.26. The minimum Gasteiger partial charge on any atom is -0.477 e. The summed E-state index contributed by atoms with van der Waals surface area (Å²) in [6.45, 7) is 2.74. The van der Waals surface area contributed by atoms with E-state index in [1.54, 1.807) is 0 Å². The van der Waals surface area contributed by atoms with Crippen molar-refractivity contribution in [2.45, 2.75) is 30.7 Å². The number of anilines is 1. The first kappa shape index (κ1) is 25.4. The first-order valence-electron chi connectivity index (χ1n) is 11.7. The molecule has 0 spiro atoms. The van der Waals surface area contributed by atoms with Crippen LogP contribution in [0.5, 0.6) is 0 Å². The third-order valence-electron chi connectivity index (χ3n) is 7.83. The molecular weight excluding hydrogens is 524 g/mol. The normalized spacial score (nSPS) is 31.0. The fourth-order valence-electron chi connectivity index (χ4n) is 5.70. The third kappa shape index (κ3) is 4.21. The number of carbonyl (C=O) groups excluding carboxylic acids is 3. The van der Waals surface area contributed by atoms with E-state index in [1.807, 2.05) is 0 Å². The maximum Gasteiger partial charge on any atom is 0.352 e. The van der Waals surface area contributed by atoms with Crippen LogP contribution >= 0.6 is 23.3 Å². The largest absolute Gasteiger partial charge is 0.477 e. The first-order valence-corrected chi connectivity index (χ1v) is 13.5. The zero-order valence-corrected chi connectivity index (χ0v) is 21.6. The number of piperidine rings is 3. The Labute approximate surface area is 219 Å². The number of amides is 3. The summed E-state index contributed by atoms with van der Waals surface area (Å²) in [4.78, 5) is 60.2. The standard InChI is InChI=1S/C21H26N8O6S2/c1-35-26-11(14-25-20(23)37-27-14)15(30)24-12-16(31)28-13(18(32)33)10(9-36-17(12)28)8-29-5-2-21(3-6-29,4-7-29)19(22)34/h12,17H,2-9H2,1H3,(H5-,22,23,24,25,27,30,32,33,34)/p+1.